The molecule has 1 aromatic carbocycles. The van der Waals surface area contributed by atoms with E-state index in [4.69, 9.17) is 9.15 Å². The number of hydrogen-bond acceptors (Lipinski definition) is 8. The molecule has 0 fully saturated rings. The smallest absolute Gasteiger partial charge is 0.408 e. The van der Waals surface area contributed by atoms with Gasteiger partial charge in [0.1, 0.15) is 18.7 Å². The first kappa shape index (κ1) is 22.9. The minimum Gasteiger partial charge on any atom is -0.445 e. The van der Waals surface area contributed by atoms with E-state index >= 15 is 0 Å². The molecule has 2 bridgehead atoms. The van der Waals surface area contributed by atoms with E-state index in [1.807, 2.05) is 18.2 Å². The Bertz CT molecular complexity index is 974. The average molecular weight is 443 g/mol. The first-order valence-electron chi connectivity index (χ1n) is 10.2. The molecule has 32 heavy (non-hydrogen) atoms. The van der Waals surface area contributed by atoms with Gasteiger partial charge in [0.2, 0.25) is 23.5 Å². The lowest BCUT2D eigenvalue weighted by Gasteiger charge is -2.24. The van der Waals surface area contributed by atoms with E-state index in [1.165, 1.54) is 0 Å². The van der Waals surface area contributed by atoms with Crippen molar-refractivity contribution >= 4 is 23.7 Å². The van der Waals surface area contributed by atoms with E-state index in [-0.39, 0.29) is 31.4 Å². The number of ketones is 1. The number of amides is 3. The number of Topliss-reactive ketones (excluding diaryl/α,β-unsaturated/α-hetero) is 1. The van der Waals surface area contributed by atoms with Crippen LogP contribution in [-0.4, -0.2) is 52.5 Å². The van der Waals surface area contributed by atoms with E-state index in [2.05, 4.69) is 26.1 Å². The average Bonchev–Trinajstić information content (AvgIpc) is 3.21. The molecule has 2 heterocycles. The molecule has 11 nitrogen and oxygen atoms in total. The Morgan fingerprint density at radius 3 is 2.62 bits per heavy atom. The van der Waals surface area contributed by atoms with Crippen molar-refractivity contribution < 1.29 is 28.3 Å². The first-order chi connectivity index (χ1) is 15.3. The zero-order valence-electron chi connectivity index (χ0n) is 17.8. The number of fused-ring (bicyclic) bond motifs is 2. The molecule has 2 unspecified atom stereocenters. The number of nitrogens with one attached hydrogen (secondary N) is 3. The maximum absolute atomic E-state index is 12.9. The Labute approximate surface area is 184 Å². The minimum absolute atomic E-state index is 0.0416. The van der Waals surface area contributed by atoms with E-state index in [1.54, 1.807) is 26.0 Å². The topological polar surface area (TPSA) is 153 Å². The van der Waals surface area contributed by atoms with Crippen LogP contribution in [0.25, 0.3) is 0 Å². The van der Waals surface area contributed by atoms with Crippen LogP contribution in [0.3, 0.4) is 0 Å². The number of benzene rings is 1. The summed E-state index contributed by atoms with van der Waals surface area (Å²) in [6.07, 6.45) is -0.624. The van der Waals surface area contributed by atoms with Crippen LogP contribution in [0.1, 0.15) is 31.2 Å². The maximum Gasteiger partial charge on any atom is 0.408 e. The summed E-state index contributed by atoms with van der Waals surface area (Å²) in [5, 5.41) is 15.2. The molecule has 11 heteroatoms. The second-order valence-electron chi connectivity index (χ2n) is 7.65. The van der Waals surface area contributed by atoms with Gasteiger partial charge >= 0.3 is 6.09 Å². The number of carbonyl (C=O) groups is 4. The summed E-state index contributed by atoms with van der Waals surface area (Å²) in [5.74, 6) is -2.17. The standard InChI is InChI=1S/C21H25N5O6/c1-12(2)17(24-21(30)31-11-13-6-4-3-5-7-13)19(28)23-14-10-16-26-25-15(32-16)8-9-22-20(29)18(14)27/h3-7,12,14,17H,8-11H2,1-2H3,(H,22,29)(H,23,28)(H,24,30). The molecule has 0 aliphatic carbocycles. The minimum atomic E-state index is -1.22. The molecule has 0 spiro atoms. The van der Waals surface area contributed by atoms with Crippen molar-refractivity contribution in [3.05, 3.63) is 47.7 Å². The SMILES string of the molecule is CC(C)C(NC(=O)OCc1ccccc1)C(=O)NC1Cc2nnc(o2)CCNC(=O)C1=O. The fourth-order valence-electron chi connectivity index (χ4n) is 3.07. The van der Waals surface area contributed by atoms with Crippen molar-refractivity contribution in [2.45, 2.75) is 45.4 Å². The number of nitrogens with zero attached hydrogens (tertiary/aromatic N) is 2. The second-order valence-corrected chi connectivity index (χ2v) is 7.65. The summed E-state index contributed by atoms with van der Waals surface area (Å²) < 4.78 is 10.6. The highest BCUT2D eigenvalue weighted by molar-refractivity contribution is 6.38. The van der Waals surface area contributed by atoms with Crippen molar-refractivity contribution in [1.29, 1.82) is 0 Å². The summed E-state index contributed by atoms with van der Waals surface area (Å²) in [6.45, 7) is 3.65. The first-order valence-corrected chi connectivity index (χ1v) is 10.2. The molecule has 3 amide bonds. The quantitative estimate of drug-likeness (QED) is 0.539. The van der Waals surface area contributed by atoms with Gasteiger partial charge in [-0.05, 0) is 11.5 Å². The lowest BCUT2D eigenvalue weighted by atomic mass is 10.0. The van der Waals surface area contributed by atoms with E-state index in [0.717, 1.165) is 5.56 Å². The van der Waals surface area contributed by atoms with Crippen molar-refractivity contribution in [2.24, 2.45) is 5.92 Å². The summed E-state index contributed by atoms with van der Waals surface area (Å²) in [6, 6.07) is 6.87. The molecular weight excluding hydrogens is 418 g/mol. The molecule has 170 valence electrons. The predicted molar refractivity (Wildman–Crippen MR) is 110 cm³/mol. The summed E-state index contributed by atoms with van der Waals surface area (Å²) >= 11 is 0. The zero-order chi connectivity index (χ0) is 23.1. The normalized spacial score (nSPS) is 17.3. The number of alkyl carbamates (subject to hydrolysis) is 1. The lowest BCUT2D eigenvalue weighted by molar-refractivity contribution is -0.140. The Hall–Kier alpha value is -3.76. The van der Waals surface area contributed by atoms with Gasteiger partial charge < -0.3 is 25.1 Å². The highest BCUT2D eigenvalue weighted by Gasteiger charge is 2.33. The Morgan fingerprint density at radius 1 is 1.19 bits per heavy atom. The van der Waals surface area contributed by atoms with Crippen LogP contribution in [0, 0.1) is 5.92 Å². The zero-order valence-corrected chi connectivity index (χ0v) is 17.8. The van der Waals surface area contributed by atoms with E-state index in [0.29, 0.717) is 12.3 Å². The fourth-order valence-corrected chi connectivity index (χ4v) is 3.07. The predicted octanol–water partition coefficient (Wildman–Crippen LogP) is 0.289. The third-order valence-electron chi connectivity index (χ3n) is 4.80. The second kappa shape index (κ2) is 10.5. The molecule has 1 aromatic heterocycles. The summed E-state index contributed by atoms with van der Waals surface area (Å²) in [4.78, 5) is 49.8. The van der Waals surface area contributed by atoms with Crippen LogP contribution in [0.2, 0.25) is 0 Å². The number of aromatic nitrogens is 2. The third kappa shape index (κ3) is 6.13. The van der Waals surface area contributed by atoms with E-state index < -0.39 is 35.8 Å². The van der Waals surface area contributed by atoms with Gasteiger partial charge in [0.05, 0.1) is 6.42 Å². The molecular formula is C21H25N5O6. The monoisotopic (exact) mass is 443 g/mol. The van der Waals surface area contributed by atoms with Crippen molar-refractivity contribution in [3.8, 4) is 0 Å². The highest BCUT2D eigenvalue weighted by atomic mass is 16.5. The van der Waals surface area contributed by atoms with Gasteiger partial charge in [0, 0.05) is 13.0 Å². The Balaban J connectivity index is 1.65. The van der Waals surface area contributed by atoms with Crippen molar-refractivity contribution in [2.75, 3.05) is 6.54 Å². The number of ether oxygens (including phenoxy) is 1. The number of carbonyl (C=O) groups excluding carboxylic acids is 4. The Morgan fingerprint density at radius 2 is 1.91 bits per heavy atom. The molecule has 2 aromatic rings. The fraction of sp³-hybridized carbons (Fsp3) is 0.429. The van der Waals surface area contributed by atoms with Gasteiger partial charge in [-0.3, -0.25) is 14.4 Å². The molecule has 2 atom stereocenters. The molecule has 3 N–H and O–H groups in total. The maximum atomic E-state index is 12.9. The van der Waals surface area contributed by atoms with Gasteiger partial charge in [-0.25, -0.2) is 4.79 Å². The molecule has 0 radical (unpaired) electrons. The van der Waals surface area contributed by atoms with Gasteiger partial charge in [-0.1, -0.05) is 44.2 Å². The molecule has 0 saturated carbocycles. The Kier molecular flexibility index (Phi) is 7.53. The number of rotatable bonds is 6. The molecule has 1 aliphatic heterocycles. The van der Waals surface area contributed by atoms with Crippen LogP contribution in [0.4, 0.5) is 4.79 Å². The van der Waals surface area contributed by atoms with Gasteiger partial charge in [-0.15, -0.1) is 10.2 Å². The lowest BCUT2D eigenvalue weighted by Crippen LogP contribution is -2.56. The third-order valence-corrected chi connectivity index (χ3v) is 4.80. The van der Waals surface area contributed by atoms with Crippen LogP contribution in [-0.2, 0) is 38.6 Å². The van der Waals surface area contributed by atoms with Crippen LogP contribution >= 0.6 is 0 Å². The summed E-state index contributed by atoms with van der Waals surface area (Å²) in [7, 11) is 0. The summed E-state index contributed by atoms with van der Waals surface area (Å²) in [5.41, 5.74) is 0.797. The van der Waals surface area contributed by atoms with Crippen LogP contribution < -0.4 is 16.0 Å². The molecule has 0 saturated heterocycles. The van der Waals surface area contributed by atoms with Gasteiger partial charge in [0.15, 0.2) is 0 Å². The highest BCUT2D eigenvalue weighted by Crippen LogP contribution is 2.09. The van der Waals surface area contributed by atoms with Crippen molar-refractivity contribution in [1.82, 2.24) is 26.1 Å². The largest absolute Gasteiger partial charge is 0.445 e. The van der Waals surface area contributed by atoms with Gasteiger partial charge in [0.25, 0.3) is 5.91 Å². The number of hydrogen-bond donors (Lipinski definition) is 3. The molecule has 1 aliphatic rings. The van der Waals surface area contributed by atoms with Crippen LogP contribution in [0.15, 0.2) is 34.7 Å². The molecule has 3 rings (SSSR count). The van der Waals surface area contributed by atoms with E-state index in [9.17, 15) is 19.2 Å². The van der Waals surface area contributed by atoms with Gasteiger partial charge in [-0.2, -0.15) is 0 Å². The van der Waals surface area contributed by atoms with Crippen LogP contribution in [0.5, 0.6) is 0 Å². The van der Waals surface area contributed by atoms with Crippen molar-refractivity contribution in [3.63, 3.8) is 0 Å².